The van der Waals surface area contributed by atoms with Crippen LogP contribution in [-0.4, -0.2) is 45.0 Å². The molecule has 124 valence electrons. The van der Waals surface area contributed by atoms with E-state index in [2.05, 4.69) is 24.5 Å². The van der Waals surface area contributed by atoms with Crippen molar-refractivity contribution < 1.29 is 13.2 Å². The first kappa shape index (κ1) is 18.4. The van der Waals surface area contributed by atoms with Crippen LogP contribution in [0.25, 0.3) is 0 Å². The van der Waals surface area contributed by atoms with Gasteiger partial charge >= 0.3 is 0 Å². The molecule has 0 saturated carbocycles. The third-order valence-electron chi connectivity index (χ3n) is 3.76. The highest BCUT2D eigenvalue weighted by atomic mass is 32.2. The number of hydrogen-bond donors (Lipinski definition) is 2. The van der Waals surface area contributed by atoms with Crippen LogP contribution < -0.4 is 10.6 Å². The standard InChI is InChI=1S/C15H30N2O3S/c1-13(2)7-5-3-4-6-8-17-15(18)11-14-12-21(19,20)10-9-16-14/h13-14,16H,3-12H2,1-2H3,(H,17,18). The predicted molar refractivity (Wildman–Crippen MR) is 86.0 cm³/mol. The van der Waals surface area contributed by atoms with Gasteiger partial charge in [0.1, 0.15) is 0 Å². The topological polar surface area (TPSA) is 75.3 Å². The molecule has 0 aromatic rings. The molecular formula is C15H30N2O3S. The molecule has 0 aliphatic carbocycles. The zero-order valence-electron chi connectivity index (χ0n) is 13.4. The lowest BCUT2D eigenvalue weighted by molar-refractivity contribution is -0.121. The second-order valence-electron chi connectivity index (χ2n) is 6.42. The van der Waals surface area contributed by atoms with Gasteiger partial charge in [-0.1, -0.05) is 39.5 Å². The molecule has 0 radical (unpaired) electrons. The fourth-order valence-corrected chi connectivity index (χ4v) is 4.00. The Morgan fingerprint density at radius 2 is 1.95 bits per heavy atom. The van der Waals surface area contributed by atoms with Gasteiger partial charge in [0, 0.05) is 25.6 Å². The largest absolute Gasteiger partial charge is 0.356 e. The van der Waals surface area contributed by atoms with E-state index in [1.165, 1.54) is 19.3 Å². The minimum atomic E-state index is -2.96. The summed E-state index contributed by atoms with van der Waals surface area (Å²) in [5.41, 5.74) is 0. The molecule has 0 aromatic heterocycles. The fraction of sp³-hybridized carbons (Fsp3) is 0.933. The van der Waals surface area contributed by atoms with Crippen LogP contribution in [-0.2, 0) is 14.6 Å². The Bertz CT molecular complexity index is 407. The zero-order valence-corrected chi connectivity index (χ0v) is 14.2. The molecule has 21 heavy (non-hydrogen) atoms. The van der Waals surface area contributed by atoms with Crippen molar-refractivity contribution in [2.45, 2.75) is 58.4 Å². The Hall–Kier alpha value is -0.620. The van der Waals surface area contributed by atoms with Crippen molar-refractivity contribution in [3.8, 4) is 0 Å². The summed E-state index contributed by atoms with van der Waals surface area (Å²) in [6.45, 7) is 5.62. The van der Waals surface area contributed by atoms with Crippen LogP contribution in [0.15, 0.2) is 0 Å². The summed E-state index contributed by atoms with van der Waals surface area (Å²) in [4.78, 5) is 11.8. The van der Waals surface area contributed by atoms with E-state index in [-0.39, 0.29) is 29.9 Å². The molecule has 1 aliphatic rings. The smallest absolute Gasteiger partial charge is 0.221 e. The van der Waals surface area contributed by atoms with E-state index in [1.54, 1.807) is 0 Å². The van der Waals surface area contributed by atoms with Crippen LogP contribution >= 0.6 is 0 Å². The Morgan fingerprint density at radius 1 is 1.24 bits per heavy atom. The average Bonchev–Trinajstić information content (AvgIpc) is 2.36. The van der Waals surface area contributed by atoms with Crippen LogP contribution in [0.2, 0.25) is 0 Å². The number of unbranched alkanes of at least 4 members (excludes halogenated alkanes) is 3. The van der Waals surface area contributed by atoms with Crippen LogP contribution in [0, 0.1) is 5.92 Å². The monoisotopic (exact) mass is 318 g/mol. The quantitative estimate of drug-likeness (QED) is 0.632. The van der Waals surface area contributed by atoms with Crippen LogP contribution in [0.5, 0.6) is 0 Å². The van der Waals surface area contributed by atoms with Crippen molar-refractivity contribution in [2.24, 2.45) is 5.92 Å². The zero-order chi connectivity index (χ0) is 15.7. The molecule has 0 spiro atoms. The van der Waals surface area contributed by atoms with Gasteiger partial charge in [-0.05, 0) is 12.3 Å². The highest BCUT2D eigenvalue weighted by Crippen LogP contribution is 2.09. The molecule has 0 bridgehead atoms. The minimum Gasteiger partial charge on any atom is -0.356 e. The Kier molecular flexibility index (Phi) is 8.26. The molecule has 0 aromatic carbocycles. The minimum absolute atomic E-state index is 0.0493. The summed E-state index contributed by atoms with van der Waals surface area (Å²) in [5.74, 6) is 0.979. The summed E-state index contributed by atoms with van der Waals surface area (Å²) in [6, 6.07) is -0.227. The van der Waals surface area contributed by atoms with Gasteiger partial charge in [-0.3, -0.25) is 4.79 Å². The SMILES string of the molecule is CC(C)CCCCCCNC(=O)CC1CS(=O)(=O)CCN1. The Balaban J connectivity index is 2.04. The molecule has 1 atom stereocenters. The highest BCUT2D eigenvalue weighted by molar-refractivity contribution is 7.91. The first-order valence-electron chi connectivity index (χ1n) is 8.09. The summed E-state index contributed by atoms with van der Waals surface area (Å²) in [5, 5.41) is 5.98. The van der Waals surface area contributed by atoms with Gasteiger partial charge in [-0.2, -0.15) is 0 Å². The van der Waals surface area contributed by atoms with Gasteiger partial charge in [0.05, 0.1) is 11.5 Å². The van der Waals surface area contributed by atoms with Gasteiger partial charge in [-0.25, -0.2) is 8.42 Å². The van der Waals surface area contributed by atoms with E-state index < -0.39 is 9.84 Å². The molecule has 1 heterocycles. The van der Waals surface area contributed by atoms with E-state index in [1.807, 2.05) is 0 Å². The number of sulfone groups is 1. The number of carbonyl (C=O) groups excluding carboxylic acids is 1. The van der Waals surface area contributed by atoms with Crippen LogP contribution in [0.1, 0.15) is 52.4 Å². The maximum atomic E-state index is 11.8. The van der Waals surface area contributed by atoms with Crippen LogP contribution in [0.3, 0.4) is 0 Å². The molecular weight excluding hydrogens is 288 g/mol. The molecule has 1 unspecified atom stereocenters. The fourth-order valence-electron chi connectivity index (χ4n) is 2.55. The summed E-state index contributed by atoms with van der Waals surface area (Å²) in [7, 11) is -2.96. The van der Waals surface area contributed by atoms with Gasteiger partial charge in [-0.15, -0.1) is 0 Å². The van der Waals surface area contributed by atoms with E-state index in [0.29, 0.717) is 13.1 Å². The van der Waals surface area contributed by atoms with Gasteiger partial charge < -0.3 is 10.6 Å². The van der Waals surface area contributed by atoms with Gasteiger partial charge in [0.2, 0.25) is 5.91 Å². The molecule has 6 heteroatoms. The molecule has 1 fully saturated rings. The third-order valence-corrected chi connectivity index (χ3v) is 5.50. The van der Waals surface area contributed by atoms with Crippen molar-refractivity contribution >= 4 is 15.7 Å². The Morgan fingerprint density at radius 3 is 2.62 bits per heavy atom. The number of rotatable bonds is 9. The molecule has 1 rings (SSSR count). The second-order valence-corrected chi connectivity index (χ2v) is 8.64. The number of carbonyl (C=O) groups is 1. The van der Waals surface area contributed by atoms with E-state index in [9.17, 15) is 13.2 Å². The molecule has 1 saturated heterocycles. The third kappa shape index (κ3) is 9.09. The first-order valence-corrected chi connectivity index (χ1v) is 9.91. The lowest BCUT2D eigenvalue weighted by Gasteiger charge is -2.23. The van der Waals surface area contributed by atoms with Crippen molar-refractivity contribution in [2.75, 3.05) is 24.6 Å². The van der Waals surface area contributed by atoms with E-state index in [0.717, 1.165) is 18.8 Å². The van der Waals surface area contributed by atoms with Crippen molar-refractivity contribution in [3.63, 3.8) is 0 Å². The highest BCUT2D eigenvalue weighted by Gasteiger charge is 2.25. The molecule has 1 amide bonds. The first-order chi connectivity index (χ1) is 9.89. The molecule has 2 N–H and O–H groups in total. The lowest BCUT2D eigenvalue weighted by Crippen LogP contribution is -2.47. The maximum Gasteiger partial charge on any atom is 0.221 e. The summed E-state index contributed by atoms with van der Waals surface area (Å²) >= 11 is 0. The lowest BCUT2D eigenvalue weighted by atomic mass is 10.0. The number of nitrogens with one attached hydrogen (secondary N) is 2. The van der Waals surface area contributed by atoms with Crippen molar-refractivity contribution in [1.82, 2.24) is 10.6 Å². The normalized spacial score (nSPS) is 21.4. The average molecular weight is 318 g/mol. The van der Waals surface area contributed by atoms with E-state index >= 15 is 0 Å². The maximum absolute atomic E-state index is 11.8. The van der Waals surface area contributed by atoms with Gasteiger partial charge in [0.15, 0.2) is 9.84 Å². The predicted octanol–water partition coefficient (Wildman–Crippen LogP) is 1.49. The summed E-state index contributed by atoms with van der Waals surface area (Å²) in [6.07, 6.45) is 6.15. The van der Waals surface area contributed by atoms with Gasteiger partial charge in [0.25, 0.3) is 0 Å². The number of amides is 1. The molecule has 1 aliphatic heterocycles. The Labute approximate surface area is 129 Å². The van der Waals surface area contributed by atoms with Crippen molar-refractivity contribution in [1.29, 1.82) is 0 Å². The second kappa shape index (κ2) is 9.41. The van der Waals surface area contributed by atoms with Crippen molar-refractivity contribution in [3.05, 3.63) is 0 Å². The summed E-state index contributed by atoms with van der Waals surface area (Å²) < 4.78 is 23.0. The van der Waals surface area contributed by atoms with Crippen LogP contribution in [0.4, 0.5) is 0 Å². The molecule has 5 nitrogen and oxygen atoms in total. The van der Waals surface area contributed by atoms with E-state index in [4.69, 9.17) is 0 Å². The number of hydrogen-bond acceptors (Lipinski definition) is 4.